The van der Waals surface area contributed by atoms with Crippen LogP contribution < -0.4 is 20.4 Å². The maximum Gasteiger partial charge on any atom is 0.293 e. The minimum atomic E-state index is -0.545. The molecule has 2 amide bonds. The Bertz CT molecular complexity index is 1210. The van der Waals surface area contributed by atoms with Gasteiger partial charge in [-0.2, -0.15) is 0 Å². The fraction of sp³-hybridized carbons (Fsp3) is 0.400. The molecular weight excluding hydrogens is 516 g/mol. The number of hydrogen-bond donors (Lipinski definition) is 2. The molecule has 2 aliphatic rings. The standard InChI is InChI=1S/C25H29ClN6O4S/c1-17(33)29-11-13-31(14-12-29)21-8-6-19(16-20(21)26)27-25(37)28-24(34)18-5-7-22(23(15-18)32(35)36)30-9-3-2-4-10-30/h5-8,15-16H,2-4,9-14H2,1H3,(H2,27,28,34,37). The van der Waals surface area contributed by atoms with Gasteiger partial charge in [-0.1, -0.05) is 11.6 Å². The van der Waals surface area contributed by atoms with E-state index in [0.29, 0.717) is 42.6 Å². The second kappa shape index (κ2) is 11.7. The first-order valence-corrected chi connectivity index (χ1v) is 13.0. The van der Waals surface area contributed by atoms with Crippen molar-refractivity contribution >= 4 is 63.5 Å². The number of nitro groups is 1. The van der Waals surface area contributed by atoms with Crippen LogP contribution in [0.4, 0.5) is 22.7 Å². The number of piperidine rings is 1. The van der Waals surface area contributed by atoms with Gasteiger partial charge in [-0.3, -0.25) is 25.0 Å². The Morgan fingerprint density at radius 1 is 0.946 bits per heavy atom. The first-order valence-electron chi connectivity index (χ1n) is 12.2. The van der Waals surface area contributed by atoms with Crippen LogP contribution in [0, 0.1) is 10.1 Å². The number of halogens is 1. The summed E-state index contributed by atoms with van der Waals surface area (Å²) in [4.78, 5) is 41.5. The number of nitro benzene ring substituents is 1. The van der Waals surface area contributed by atoms with Gasteiger partial charge < -0.3 is 20.0 Å². The van der Waals surface area contributed by atoms with Gasteiger partial charge in [0.15, 0.2) is 5.11 Å². The molecule has 0 aliphatic carbocycles. The molecule has 2 saturated heterocycles. The van der Waals surface area contributed by atoms with Crippen molar-refractivity contribution in [1.29, 1.82) is 0 Å². The first-order chi connectivity index (χ1) is 17.7. The predicted molar refractivity (Wildman–Crippen MR) is 149 cm³/mol. The van der Waals surface area contributed by atoms with Crippen LogP contribution in [0.1, 0.15) is 36.5 Å². The molecule has 2 aromatic rings. The Morgan fingerprint density at radius 2 is 1.59 bits per heavy atom. The third-order valence-corrected chi connectivity index (χ3v) is 7.14. The highest BCUT2D eigenvalue weighted by molar-refractivity contribution is 7.80. The average Bonchev–Trinajstić information content (AvgIpc) is 2.89. The van der Waals surface area contributed by atoms with Gasteiger partial charge in [-0.25, -0.2) is 0 Å². The molecule has 2 fully saturated rings. The van der Waals surface area contributed by atoms with Crippen LogP contribution in [0.15, 0.2) is 36.4 Å². The maximum atomic E-state index is 12.8. The molecule has 2 heterocycles. The number of benzene rings is 2. The third-order valence-electron chi connectivity index (χ3n) is 6.63. The number of carbonyl (C=O) groups is 2. The zero-order valence-electron chi connectivity index (χ0n) is 20.5. The van der Waals surface area contributed by atoms with Gasteiger partial charge in [0.2, 0.25) is 5.91 Å². The lowest BCUT2D eigenvalue weighted by Gasteiger charge is -2.36. The summed E-state index contributed by atoms with van der Waals surface area (Å²) in [5.74, 6) is -0.481. The van der Waals surface area contributed by atoms with E-state index >= 15 is 0 Å². The topological polar surface area (TPSA) is 111 Å². The molecule has 12 heteroatoms. The Labute approximate surface area is 225 Å². The van der Waals surface area contributed by atoms with Crippen LogP contribution in [-0.2, 0) is 4.79 Å². The molecule has 0 aromatic heterocycles. The van der Waals surface area contributed by atoms with Crippen LogP contribution >= 0.6 is 23.8 Å². The van der Waals surface area contributed by atoms with E-state index in [1.54, 1.807) is 36.1 Å². The number of nitrogens with one attached hydrogen (secondary N) is 2. The van der Waals surface area contributed by atoms with Crippen LogP contribution in [0.2, 0.25) is 5.02 Å². The zero-order valence-corrected chi connectivity index (χ0v) is 22.1. The summed E-state index contributed by atoms with van der Waals surface area (Å²) in [5.41, 5.74) is 2.02. The smallest absolute Gasteiger partial charge is 0.293 e. The van der Waals surface area contributed by atoms with Crippen LogP contribution in [0.25, 0.3) is 0 Å². The van der Waals surface area contributed by atoms with Crippen molar-refractivity contribution in [3.05, 3.63) is 57.1 Å². The van der Waals surface area contributed by atoms with E-state index in [-0.39, 0.29) is 22.3 Å². The molecule has 2 aliphatic heterocycles. The van der Waals surface area contributed by atoms with Gasteiger partial charge in [-0.05, 0) is 61.8 Å². The molecule has 2 N–H and O–H groups in total. The summed E-state index contributed by atoms with van der Waals surface area (Å²) in [5, 5.41) is 17.8. The molecule has 0 atom stereocenters. The summed E-state index contributed by atoms with van der Waals surface area (Å²) in [7, 11) is 0. The molecule has 0 bridgehead atoms. The number of carbonyl (C=O) groups excluding carboxylic acids is 2. The van der Waals surface area contributed by atoms with Crippen molar-refractivity contribution < 1.29 is 14.5 Å². The van der Waals surface area contributed by atoms with Crippen molar-refractivity contribution in [2.45, 2.75) is 26.2 Å². The average molecular weight is 545 g/mol. The fourth-order valence-electron chi connectivity index (χ4n) is 4.65. The Balaban J connectivity index is 1.38. The lowest BCUT2D eigenvalue weighted by Crippen LogP contribution is -2.48. The molecular formula is C25H29ClN6O4S. The molecule has 0 saturated carbocycles. The number of thiocarbonyl (C=S) groups is 1. The third kappa shape index (κ3) is 6.47. The number of nitrogens with zero attached hydrogens (tertiary/aromatic N) is 4. The van der Waals surface area contributed by atoms with Gasteiger partial charge in [-0.15, -0.1) is 0 Å². The quantitative estimate of drug-likeness (QED) is 0.330. The fourth-order valence-corrected chi connectivity index (χ4v) is 5.16. The number of amides is 2. The molecule has 4 rings (SSSR count). The van der Waals surface area contributed by atoms with E-state index in [1.807, 2.05) is 11.0 Å². The van der Waals surface area contributed by atoms with E-state index < -0.39 is 10.8 Å². The van der Waals surface area contributed by atoms with E-state index in [1.165, 1.54) is 6.07 Å². The lowest BCUT2D eigenvalue weighted by atomic mass is 10.1. The number of rotatable bonds is 5. The van der Waals surface area contributed by atoms with E-state index in [9.17, 15) is 19.7 Å². The van der Waals surface area contributed by atoms with Gasteiger partial charge in [0.1, 0.15) is 5.69 Å². The van der Waals surface area contributed by atoms with E-state index in [2.05, 4.69) is 15.5 Å². The Hall–Kier alpha value is -3.44. The van der Waals surface area contributed by atoms with Gasteiger partial charge in [0, 0.05) is 63.5 Å². The molecule has 0 spiro atoms. The van der Waals surface area contributed by atoms with Crippen molar-refractivity contribution in [2.24, 2.45) is 0 Å². The molecule has 0 radical (unpaired) electrons. The molecule has 10 nitrogen and oxygen atoms in total. The van der Waals surface area contributed by atoms with Gasteiger partial charge >= 0.3 is 0 Å². The number of piperazine rings is 1. The summed E-state index contributed by atoms with van der Waals surface area (Å²) >= 11 is 11.8. The first kappa shape index (κ1) is 26.6. The molecule has 37 heavy (non-hydrogen) atoms. The maximum absolute atomic E-state index is 12.8. The van der Waals surface area contributed by atoms with Gasteiger partial charge in [0.05, 0.1) is 15.6 Å². The SMILES string of the molecule is CC(=O)N1CCN(c2ccc(NC(=S)NC(=O)c3ccc(N4CCCCC4)c([N+](=O)[O-])c3)cc2Cl)CC1. The summed E-state index contributed by atoms with van der Waals surface area (Å²) in [6, 6.07) is 9.87. The summed E-state index contributed by atoms with van der Waals surface area (Å²) < 4.78 is 0. The van der Waals surface area contributed by atoms with Crippen molar-refractivity contribution in [3.8, 4) is 0 Å². The Kier molecular flexibility index (Phi) is 8.45. The van der Waals surface area contributed by atoms with Crippen LogP contribution in [-0.4, -0.2) is 66.0 Å². The minimum absolute atomic E-state index is 0.0478. The van der Waals surface area contributed by atoms with Crippen LogP contribution in [0.5, 0.6) is 0 Å². The second-order valence-electron chi connectivity index (χ2n) is 9.08. The predicted octanol–water partition coefficient (Wildman–Crippen LogP) is 4.03. The van der Waals surface area contributed by atoms with E-state index in [4.69, 9.17) is 23.8 Å². The Morgan fingerprint density at radius 3 is 2.22 bits per heavy atom. The zero-order chi connectivity index (χ0) is 26.5. The molecule has 196 valence electrons. The van der Waals surface area contributed by atoms with Crippen molar-refractivity contribution in [2.75, 3.05) is 54.4 Å². The highest BCUT2D eigenvalue weighted by atomic mass is 35.5. The van der Waals surface area contributed by atoms with Crippen LogP contribution in [0.3, 0.4) is 0 Å². The second-order valence-corrected chi connectivity index (χ2v) is 9.89. The normalized spacial score (nSPS) is 15.8. The largest absolute Gasteiger partial charge is 0.367 e. The van der Waals surface area contributed by atoms with Gasteiger partial charge in [0.25, 0.3) is 11.6 Å². The minimum Gasteiger partial charge on any atom is -0.367 e. The molecule has 2 aromatic carbocycles. The molecule has 0 unspecified atom stereocenters. The van der Waals surface area contributed by atoms with E-state index in [0.717, 1.165) is 38.0 Å². The highest BCUT2D eigenvalue weighted by Crippen LogP contribution is 2.32. The monoisotopic (exact) mass is 544 g/mol. The number of anilines is 3. The summed E-state index contributed by atoms with van der Waals surface area (Å²) in [6.45, 7) is 5.73. The highest BCUT2D eigenvalue weighted by Gasteiger charge is 2.24. The van der Waals surface area contributed by atoms with Crippen molar-refractivity contribution in [3.63, 3.8) is 0 Å². The number of hydrogen-bond acceptors (Lipinski definition) is 7. The lowest BCUT2D eigenvalue weighted by molar-refractivity contribution is -0.384. The summed E-state index contributed by atoms with van der Waals surface area (Å²) in [6.07, 6.45) is 3.09. The van der Waals surface area contributed by atoms with Crippen molar-refractivity contribution in [1.82, 2.24) is 10.2 Å².